The van der Waals surface area contributed by atoms with Crippen molar-refractivity contribution in [1.29, 1.82) is 0 Å². The third-order valence-corrected chi connectivity index (χ3v) is 8.34. The predicted octanol–water partition coefficient (Wildman–Crippen LogP) is 1.24. The van der Waals surface area contributed by atoms with E-state index >= 15 is 0 Å². The summed E-state index contributed by atoms with van der Waals surface area (Å²) in [5.74, 6) is 0. The Hall–Kier alpha value is 0.744. The van der Waals surface area contributed by atoms with E-state index in [4.69, 9.17) is 4.43 Å². The number of hydrogen-bond donors (Lipinski definition) is 1. The second-order valence-corrected chi connectivity index (χ2v) is 11.3. The van der Waals surface area contributed by atoms with Gasteiger partial charge in [0.05, 0.1) is 13.7 Å². The van der Waals surface area contributed by atoms with Crippen molar-refractivity contribution in [3.05, 3.63) is 0 Å². The van der Waals surface area contributed by atoms with Crippen molar-refractivity contribution in [1.82, 2.24) is 0 Å². The highest BCUT2D eigenvalue weighted by Gasteiger charge is 2.36. The van der Waals surface area contributed by atoms with E-state index in [2.05, 4.69) is 46.1 Å². The molecule has 1 atom stereocenters. The van der Waals surface area contributed by atoms with Crippen molar-refractivity contribution in [2.24, 2.45) is 0 Å². The van der Waals surface area contributed by atoms with Gasteiger partial charge in [-0.25, -0.2) is 0 Å². The summed E-state index contributed by atoms with van der Waals surface area (Å²) in [6, 6.07) is 0. The van der Waals surface area contributed by atoms with Gasteiger partial charge < -0.3 is 4.43 Å². The van der Waals surface area contributed by atoms with Crippen LogP contribution in [-0.2, 0) is 4.43 Å². The summed E-state index contributed by atoms with van der Waals surface area (Å²) in [4.78, 5) is 0.424. The molecule has 4 heteroatoms. The summed E-state index contributed by atoms with van der Waals surface area (Å²) < 4.78 is 5.52. The SMILES string of the molecule is CC(C)(O[SiH3])[C@H](S)[Si](C)(C)C. The number of rotatable bonds is 3. The molecule has 1 nitrogen and oxygen atoms in total. The van der Waals surface area contributed by atoms with E-state index in [1.807, 2.05) is 0 Å². The first-order valence-corrected chi connectivity index (χ1v) is 8.86. The summed E-state index contributed by atoms with van der Waals surface area (Å²) in [7, 11) is -0.353. The fourth-order valence-electron chi connectivity index (χ4n) is 1.15. The molecule has 11 heavy (non-hydrogen) atoms. The van der Waals surface area contributed by atoms with Crippen LogP contribution in [0.3, 0.4) is 0 Å². The maximum Gasteiger partial charge on any atom is 0.146 e. The average molecular weight is 208 g/mol. The molecule has 0 saturated carbocycles. The van der Waals surface area contributed by atoms with Crippen molar-refractivity contribution < 1.29 is 4.43 Å². The Labute approximate surface area is 79.9 Å². The molecule has 0 rings (SSSR count). The standard InChI is InChI=1S/C7H20OSSi2/c1-7(2,8-10)6(9)11(3,4)5/h6,9H,1-5,10H3/t6-/m1/s1. The maximum atomic E-state index is 5.52. The number of thiol groups is 1. The van der Waals surface area contributed by atoms with Crippen LogP contribution in [0.1, 0.15) is 13.8 Å². The van der Waals surface area contributed by atoms with Crippen LogP contribution in [0.15, 0.2) is 0 Å². The van der Waals surface area contributed by atoms with Crippen LogP contribution in [-0.4, -0.2) is 29.0 Å². The lowest BCUT2D eigenvalue weighted by atomic mass is 10.2. The lowest BCUT2D eigenvalue weighted by Crippen LogP contribution is -2.49. The van der Waals surface area contributed by atoms with Crippen LogP contribution in [0, 0.1) is 0 Å². The van der Waals surface area contributed by atoms with Gasteiger partial charge in [-0.05, 0) is 13.8 Å². The van der Waals surface area contributed by atoms with Crippen LogP contribution in [0.5, 0.6) is 0 Å². The molecule has 0 amide bonds. The van der Waals surface area contributed by atoms with Gasteiger partial charge in [0, 0.05) is 4.87 Å². The second kappa shape index (κ2) is 3.64. The minimum absolute atomic E-state index is 0.0280. The second-order valence-electron chi connectivity index (χ2n) is 4.58. The van der Waals surface area contributed by atoms with E-state index < -0.39 is 8.07 Å². The molecule has 0 aromatic rings. The molecule has 0 unspecified atom stereocenters. The minimum Gasteiger partial charge on any atom is -0.422 e. The minimum atomic E-state index is -1.16. The molecule has 0 aliphatic rings. The van der Waals surface area contributed by atoms with Crippen molar-refractivity contribution in [3.8, 4) is 0 Å². The summed E-state index contributed by atoms with van der Waals surface area (Å²) in [5, 5.41) is 0. The first kappa shape index (κ1) is 11.7. The highest BCUT2D eigenvalue weighted by atomic mass is 32.1. The molecule has 0 aromatic heterocycles. The maximum absolute atomic E-state index is 5.52. The lowest BCUT2D eigenvalue weighted by Gasteiger charge is -2.37. The third-order valence-electron chi connectivity index (χ3n) is 2.00. The Morgan fingerprint density at radius 2 is 1.73 bits per heavy atom. The first-order valence-electron chi connectivity index (χ1n) is 3.95. The van der Waals surface area contributed by atoms with Gasteiger partial charge in [0.1, 0.15) is 10.5 Å². The van der Waals surface area contributed by atoms with Gasteiger partial charge in [-0.2, -0.15) is 12.6 Å². The van der Waals surface area contributed by atoms with Crippen LogP contribution in [0.2, 0.25) is 19.6 Å². The Balaban J connectivity index is 4.35. The third kappa shape index (κ3) is 3.31. The Bertz CT molecular complexity index is 131. The lowest BCUT2D eigenvalue weighted by molar-refractivity contribution is 0.139. The molecule has 0 spiro atoms. The van der Waals surface area contributed by atoms with Gasteiger partial charge >= 0.3 is 0 Å². The molecule has 0 aliphatic heterocycles. The van der Waals surface area contributed by atoms with Gasteiger partial charge in [-0.3, -0.25) is 0 Å². The van der Waals surface area contributed by atoms with E-state index in [-0.39, 0.29) is 5.60 Å². The summed E-state index contributed by atoms with van der Waals surface area (Å²) in [5.41, 5.74) is -0.0280. The van der Waals surface area contributed by atoms with E-state index in [0.29, 0.717) is 4.87 Å². The molecule has 0 heterocycles. The molecule has 0 N–H and O–H groups in total. The van der Waals surface area contributed by atoms with Gasteiger partial charge in [-0.15, -0.1) is 0 Å². The summed E-state index contributed by atoms with van der Waals surface area (Å²) in [6.07, 6.45) is 0. The zero-order valence-electron chi connectivity index (χ0n) is 8.43. The van der Waals surface area contributed by atoms with Crippen molar-refractivity contribution in [2.75, 3.05) is 0 Å². The van der Waals surface area contributed by atoms with E-state index in [0.717, 1.165) is 10.5 Å². The van der Waals surface area contributed by atoms with Crippen molar-refractivity contribution in [2.45, 2.75) is 44.0 Å². The molecule has 0 radical (unpaired) electrons. The van der Waals surface area contributed by atoms with Crippen LogP contribution in [0.25, 0.3) is 0 Å². The van der Waals surface area contributed by atoms with E-state index in [1.165, 1.54) is 0 Å². The van der Waals surface area contributed by atoms with Crippen LogP contribution < -0.4 is 0 Å². The fourth-order valence-corrected chi connectivity index (χ4v) is 4.13. The highest BCUT2D eigenvalue weighted by Crippen LogP contribution is 2.27. The molecule has 0 aromatic carbocycles. The monoisotopic (exact) mass is 208 g/mol. The van der Waals surface area contributed by atoms with Crippen molar-refractivity contribution >= 4 is 31.2 Å². The molecular formula is C7H20OSSi2. The van der Waals surface area contributed by atoms with Crippen molar-refractivity contribution in [3.63, 3.8) is 0 Å². The smallest absolute Gasteiger partial charge is 0.146 e. The highest BCUT2D eigenvalue weighted by molar-refractivity contribution is 7.83. The zero-order chi connectivity index (χ0) is 9.28. The van der Waals surface area contributed by atoms with Gasteiger partial charge in [0.2, 0.25) is 0 Å². The van der Waals surface area contributed by atoms with Gasteiger partial charge in [-0.1, -0.05) is 19.6 Å². The molecule has 0 aliphatic carbocycles. The Kier molecular flexibility index (Phi) is 3.88. The molecule has 0 fully saturated rings. The van der Waals surface area contributed by atoms with Gasteiger partial charge in [0.25, 0.3) is 0 Å². The van der Waals surface area contributed by atoms with Crippen LogP contribution in [0.4, 0.5) is 0 Å². The summed E-state index contributed by atoms with van der Waals surface area (Å²) in [6.45, 7) is 11.2. The zero-order valence-corrected chi connectivity index (χ0v) is 12.3. The largest absolute Gasteiger partial charge is 0.422 e. The topological polar surface area (TPSA) is 9.23 Å². The Morgan fingerprint density at radius 1 is 1.36 bits per heavy atom. The van der Waals surface area contributed by atoms with Crippen LogP contribution >= 0.6 is 12.6 Å². The average Bonchev–Trinajstić information content (AvgIpc) is 1.84. The predicted molar refractivity (Wildman–Crippen MR) is 61.2 cm³/mol. The van der Waals surface area contributed by atoms with Gasteiger partial charge in [0.15, 0.2) is 0 Å². The van der Waals surface area contributed by atoms with E-state index in [9.17, 15) is 0 Å². The summed E-state index contributed by atoms with van der Waals surface area (Å²) >= 11 is 4.63. The first-order chi connectivity index (χ1) is 4.72. The Morgan fingerprint density at radius 3 is 1.82 bits per heavy atom. The number of hydrogen-bond acceptors (Lipinski definition) is 2. The molecule has 68 valence electrons. The quantitative estimate of drug-likeness (QED) is 0.542. The normalized spacial score (nSPS) is 16.9. The van der Waals surface area contributed by atoms with E-state index in [1.54, 1.807) is 0 Å². The molecule has 0 saturated heterocycles. The molecular weight excluding hydrogens is 188 g/mol. The molecule has 0 bridgehead atoms. The fraction of sp³-hybridized carbons (Fsp3) is 1.00.